The number of non-ortho nitro benzene ring substituents is 2. The van der Waals surface area contributed by atoms with Crippen LogP contribution in [0, 0.1) is 20.2 Å². The molecule has 0 aliphatic carbocycles. The summed E-state index contributed by atoms with van der Waals surface area (Å²) in [7, 11) is 0. The zero-order valence-electron chi connectivity index (χ0n) is 18.8. The minimum absolute atomic E-state index is 0.122. The van der Waals surface area contributed by atoms with Crippen LogP contribution in [0.4, 0.5) is 11.4 Å². The first-order valence-corrected chi connectivity index (χ1v) is 10.2. The Kier molecular flexibility index (Phi) is 8.52. The molecule has 0 atom stereocenters. The zero-order chi connectivity index (χ0) is 26.8. The first kappa shape index (κ1) is 25.9. The molecule has 16 heteroatoms. The van der Waals surface area contributed by atoms with Crippen LogP contribution in [0.2, 0.25) is 0 Å². The second-order valence-corrected chi connectivity index (χ2v) is 7.00. The average molecular weight is 510 g/mol. The van der Waals surface area contributed by atoms with Crippen molar-refractivity contribution in [1.82, 2.24) is 9.89 Å². The summed E-state index contributed by atoms with van der Waals surface area (Å²) < 4.78 is 10.1. The van der Waals surface area contributed by atoms with Crippen molar-refractivity contribution in [2.75, 3.05) is 5.43 Å². The molecule has 0 radical (unpaired) electrons. The van der Waals surface area contributed by atoms with Crippen LogP contribution in [0.15, 0.2) is 77.2 Å². The van der Waals surface area contributed by atoms with Crippen LogP contribution < -0.4 is 11.2 Å². The molecule has 3 N–H and O–H groups in total. The van der Waals surface area contributed by atoms with Gasteiger partial charge in [0.2, 0.25) is 5.84 Å². The maximum Gasteiger partial charge on any atom is 0.378 e. The van der Waals surface area contributed by atoms with Crippen molar-refractivity contribution < 1.29 is 28.9 Å². The van der Waals surface area contributed by atoms with Crippen LogP contribution in [0.3, 0.4) is 0 Å². The fraction of sp³-hybridized carbons (Fsp3) is 0.0952. The van der Waals surface area contributed by atoms with E-state index in [4.69, 9.17) is 15.2 Å². The molecule has 1 heterocycles. The summed E-state index contributed by atoms with van der Waals surface area (Å²) in [5, 5.41) is 32.4. The third-order valence-corrected chi connectivity index (χ3v) is 4.42. The summed E-state index contributed by atoms with van der Waals surface area (Å²) in [5.41, 5.74) is 8.79. The van der Waals surface area contributed by atoms with Crippen molar-refractivity contribution in [3.8, 4) is 0 Å². The lowest BCUT2D eigenvalue weighted by Crippen LogP contribution is -2.32. The topological polar surface area (TPSA) is 219 Å². The minimum Gasteiger partial charge on any atom is -0.455 e. The van der Waals surface area contributed by atoms with E-state index < -0.39 is 33.5 Å². The summed E-state index contributed by atoms with van der Waals surface area (Å²) in [6.45, 7) is -0.487. The number of nitro benzene ring substituents is 2. The van der Waals surface area contributed by atoms with Gasteiger partial charge in [-0.2, -0.15) is 9.89 Å². The molecule has 3 aromatic rings. The van der Waals surface area contributed by atoms with E-state index >= 15 is 0 Å². The summed E-state index contributed by atoms with van der Waals surface area (Å²) in [5.74, 6) is -3.23. The number of carbonyl (C=O) groups excluding carboxylic acids is 2. The van der Waals surface area contributed by atoms with E-state index in [1.54, 1.807) is 6.07 Å². The van der Waals surface area contributed by atoms with Crippen LogP contribution in [0.5, 0.6) is 0 Å². The van der Waals surface area contributed by atoms with Crippen molar-refractivity contribution in [2.24, 2.45) is 15.9 Å². The van der Waals surface area contributed by atoms with Crippen LogP contribution in [-0.4, -0.2) is 43.3 Å². The lowest BCUT2D eigenvalue weighted by molar-refractivity contribution is -0.385. The van der Waals surface area contributed by atoms with Crippen molar-refractivity contribution >= 4 is 35.0 Å². The molecule has 0 saturated carbocycles. The van der Waals surface area contributed by atoms with E-state index in [0.29, 0.717) is 11.1 Å². The van der Waals surface area contributed by atoms with Crippen molar-refractivity contribution in [1.29, 1.82) is 0 Å². The average Bonchev–Trinajstić information content (AvgIpc) is 3.41. The van der Waals surface area contributed by atoms with E-state index in [9.17, 15) is 29.8 Å². The number of ether oxygens (including phenoxy) is 2. The number of benzene rings is 2. The van der Waals surface area contributed by atoms with Crippen LogP contribution >= 0.6 is 0 Å². The Bertz CT molecular complexity index is 1340. The Morgan fingerprint density at radius 1 is 0.892 bits per heavy atom. The lowest BCUT2D eigenvalue weighted by Gasteiger charge is -2.09. The number of aromatic nitrogens is 2. The second kappa shape index (κ2) is 12.2. The summed E-state index contributed by atoms with van der Waals surface area (Å²) in [4.78, 5) is 46.1. The first-order valence-electron chi connectivity index (χ1n) is 10.2. The number of hydrogen-bond acceptors (Lipinski definition) is 11. The highest BCUT2D eigenvalue weighted by atomic mass is 16.6. The number of hydrogen-bond donors (Lipinski definition) is 2. The van der Waals surface area contributed by atoms with E-state index in [-0.39, 0.29) is 24.6 Å². The summed E-state index contributed by atoms with van der Waals surface area (Å²) >= 11 is 0. The van der Waals surface area contributed by atoms with Gasteiger partial charge >= 0.3 is 11.9 Å². The molecule has 0 bridgehead atoms. The molecule has 37 heavy (non-hydrogen) atoms. The maximum absolute atomic E-state index is 12.5. The largest absolute Gasteiger partial charge is 0.455 e. The minimum atomic E-state index is -1.06. The Balaban J connectivity index is 1.65. The quantitative estimate of drug-likeness (QED) is 0.145. The molecule has 2 aromatic carbocycles. The number of nitro groups is 2. The zero-order valence-corrected chi connectivity index (χ0v) is 18.8. The molecule has 0 amide bonds. The molecular formula is C21H18N8O8. The molecular weight excluding hydrogens is 492 g/mol. The number of esters is 2. The van der Waals surface area contributed by atoms with E-state index in [0.717, 1.165) is 4.79 Å². The molecule has 190 valence electrons. The maximum atomic E-state index is 12.5. The highest BCUT2D eigenvalue weighted by molar-refractivity contribution is 6.39. The number of rotatable bonds is 8. The molecule has 0 saturated heterocycles. The SMILES string of the molecule is NC(=NN=C(Nn1cccn1)C(=O)OCc1ccc([N+](=O)[O-])cc1)C(=O)OCc1ccc([N+](=O)[O-])cc1. The number of nitrogens with zero attached hydrogens (tertiary/aromatic N) is 6. The Morgan fingerprint density at radius 2 is 1.41 bits per heavy atom. The third kappa shape index (κ3) is 7.67. The van der Waals surface area contributed by atoms with Crippen LogP contribution in [0.1, 0.15) is 11.1 Å². The fourth-order valence-corrected chi connectivity index (χ4v) is 2.56. The smallest absolute Gasteiger partial charge is 0.378 e. The first-order chi connectivity index (χ1) is 17.7. The van der Waals surface area contributed by atoms with Gasteiger partial charge < -0.3 is 15.2 Å². The third-order valence-electron chi connectivity index (χ3n) is 4.42. The molecule has 0 aliphatic heterocycles. The van der Waals surface area contributed by atoms with E-state index in [1.807, 2.05) is 0 Å². The standard InChI is InChI=1S/C21H18N8O8/c22-18(20(30)36-12-14-2-6-16(7-3-14)28(32)33)24-25-19(26-27-11-1-10-23-27)21(31)37-13-15-4-8-17(9-5-15)29(34)35/h1-11H,12-13H2,(H2,22,24)(H,25,26). The highest BCUT2D eigenvalue weighted by Crippen LogP contribution is 2.13. The predicted molar refractivity (Wildman–Crippen MR) is 126 cm³/mol. The Hall–Kier alpha value is -5.67. The number of carbonyl (C=O) groups is 2. The van der Waals surface area contributed by atoms with Gasteiger partial charge in [0.25, 0.3) is 17.2 Å². The number of amidine groups is 2. The fourth-order valence-electron chi connectivity index (χ4n) is 2.56. The monoisotopic (exact) mass is 510 g/mol. The van der Waals surface area contributed by atoms with Crippen molar-refractivity contribution in [3.63, 3.8) is 0 Å². The van der Waals surface area contributed by atoms with Gasteiger partial charge in [-0.3, -0.25) is 25.7 Å². The van der Waals surface area contributed by atoms with Crippen LogP contribution in [0.25, 0.3) is 0 Å². The highest BCUT2D eigenvalue weighted by Gasteiger charge is 2.17. The molecule has 0 aliphatic rings. The van der Waals surface area contributed by atoms with Gasteiger partial charge in [0.15, 0.2) is 0 Å². The van der Waals surface area contributed by atoms with E-state index in [2.05, 4.69) is 20.7 Å². The summed E-state index contributed by atoms with van der Waals surface area (Å²) in [6, 6.07) is 12.2. The lowest BCUT2D eigenvalue weighted by atomic mass is 10.2. The van der Waals surface area contributed by atoms with Gasteiger partial charge in [-0.15, -0.1) is 10.2 Å². The van der Waals surface area contributed by atoms with Gasteiger partial charge in [-0.05, 0) is 41.5 Å². The van der Waals surface area contributed by atoms with Crippen molar-refractivity contribution in [3.05, 3.63) is 98.3 Å². The number of nitrogens with two attached hydrogens (primary N) is 1. The molecule has 16 nitrogen and oxygen atoms in total. The Morgan fingerprint density at radius 3 is 1.86 bits per heavy atom. The molecule has 0 fully saturated rings. The number of nitrogens with one attached hydrogen (secondary N) is 1. The van der Waals surface area contributed by atoms with E-state index in [1.165, 1.54) is 60.9 Å². The Labute approximate surface area is 207 Å². The normalized spacial score (nSPS) is 11.5. The summed E-state index contributed by atoms with van der Waals surface area (Å²) in [6.07, 6.45) is 2.87. The molecule has 1 aromatic heterocycles. The molecule has 3 rings (SSSR count). The van der Waals surface area contributed by atoms with Gasteiger partial charge in [0.05, 0.1) is 16.0 Å². The van der Waals surface area contributed by atoms with Gasteiger partial charge in [0, 0.05) is 30.5 Å². The molecule has 0 unspecified atom stereocenters. The van der Waals surface area contributed by atoms with Gasteiger partial charge in [-0.25, -0.2) is 9.59 Å². The van der Waals surface area contributed by atoms with Gasteiger partial charge in [0.1, 0.15) is 13.2 Å². The van der Waals surface area contributed by atoms with Crippen LogP contribution in [-0.2, 0) is 32.3 Å². The predicted octanol–water partition coefficient (Wildman–Crippen LogP) is 1.40. The van der Waals surface area contributed by atoms with Gasteiger partial charge in [-0.1, -0.05) is 0 Å². The molecule has 0 spiro atoms. The van der Waals surface area contributed by atoms with Crippen molar-refractivity contribution in [2.45, 2.75) is 13.2 Å². The second-order valence-electron chi connectivity index (χ2n) is 7.00.